The molecule has 0 spiro atoms. The first kappa shape index (κ1) is 11.8. The van der Waals surface area contributed by atoms with Crippen LogP contribution in [0.3, 0.4) is 0 Å². The van der Waals surface area contributed by atoms with Gasteiger partial charge in [0.25, 0.3) is 5.91 Å². The topological polar surface area (TPSA) is 55.1 Å². The van der Waals surface area contributed by atoms with Gasteiger partial charge in [-0.05, 0) is 41.1 Å². The Kier molecular flexibility index (Phi) is 3.23. The van der Waals surface area contributed by atoms with E-state index in [1.807, 2.05) is 0 Å². The van der Waals surface area contributed by atoms with Gasteiger partial charge in [-0.1, -0.05) is 5.16 Å². The van der Waals surface area contributed by atoms with Crippen molar-refractivity contribution in [3.05, 3.63) is 46.0 Å². The number of aromatic nitrogens is 1. The number of anilines is 1. The second kappa shape index (κ2) is 4.67. The van der Waals surface area contributed by atoms with Crippen molar-refractivity contribution in [3.8, 4) is 0 Å². The number of hydrogen-bond donors (Lipinski definition) is 1. The monoisotopic (exact) mass is 298 g/mol. The molecule has 17 heavy (non-hydrogen) atoms. The lowest BCUT2D eigenvalue weighted by Gasteiger charge is -2.04. The van der Waals surface area contributed by atoms with Crippen LogP contribution in [0, 0.1) is 12.7 Å². The molecule has 1 N–H and O–H groups in total. The summed E-state index contributed by atoms with van der Waals surface area (Å²) < 4.78 is 18.3. The number of amides is 1. The number of nitrogens with one attached hydrogen (secondary N) is 1. The maximum atomic E-state index is 13.2. The third kappa shape index (κ3) is 2.52. The van der Waals surface area contributed by atoms with Crippen LogP contribution in [0.1, 0.15) is 16.1 Å². The highest BCUT2D eigenvalue weighted by atomic mass is 79.9. The first-order valence-corrected chi connectivity index (χ1v) is 5.55. The SMILES string of the molecule is Cc1cnoc1C(=O)Nc1ccc(Br)c(F)c1. The highest BCUT2D eigenvalue weighted by molar-refractivity contribution is 9.10. The molecule has 1 amide bonds. The van der Waals surface area contributed by atoms with E-state index in [-0.39, 0.29) is 5.76 Å². The van der Waals surface area contributed by atoms with Gasteiger partial charge in [-0.3, -0.25) is 4.79 Å². The fourth-order valence-corrected chi connectivity index (χ4v) is 1.52. The van der Waals surface area contributed by atoms with Crippen molar-refractivity contribution >= 4 is 27.5 Å². The Morgan fingerprint density at radius 1 is 1.53 bits per heavy atom. The zero-order valence-corrected chi connectivity index (χ0v) is 10.4. The summed E-state index contributed by atoms with van der Waals surface area (Å²) in [6.07, 6.45) is 1.44. The average molecular weight is 299 g/mol. The summed E-state index contributed by atoms with van der Waals surface area (Å²) in [5.41, 5.74) is 0.978. The quantitative estimate of drug-likeness (QED) is 0.927. The van der Waals surface area contributed by atoms with Crippen LogP contribution in [0.25, 0.3) is 0 Å². The zero-order valence-electron chi connectivity index (χ0n) is 8.83. The van der Waals surface area contributed by atoms with E-state index in [0.717, 1.165) is 0 Å². The zero-order chi connectivity index (χ0) is 12.4. The standard InChI is InChI=1S/C11H8BrFN2O2/c1-6-5-14-17-10(6)11(16)15-7-2-3-8(12)9(13)4-7/h2-5H,1H3,(H,15,16). The summed E-state index contributed by atoms with van der Waals surface area (Å²) in [7, 11) is 0. The van der Waals surface area contributed by atoms with Crippen molar-refractivity contribution in [2.24, 2.45) is 0 Å². The van der Waals surface area contributed by atoms with Gasteiger partial charge in [0.15, 0.2) is 0 Å². The Bertz CT molecular complexity index is 568. The third-order valence-electron chi connectivity index (χ3n) is 2.13. The Labute approximate surface area is 105 Å². The molecule has 1 aromatic heterocycles. The molecule has 2 aromatic rings. The van der Waals surface area contributed by atoms with Gasteiger partial charge in [0.2, 0.25) is 5.76 Å². The lowest BCUT2D eigenvalue weighted by molar-refractivity contribution is 0.0987. The van der Waals surface area contributed by atoms with Gasteiger partial charge in [0, 0.05) is 11.3 Å². The number of aryl methyl sites for hydroxylation is 1. The molecular formula is C11H8BrFN2O2. The second-order valence-electron chi connectivity index (χ2n) is 3.42. The Morgan fingerprint density at radius 3 is 2.88 bits per heavy atom. The molecule has 0 fully saturated rings. The summed E-state index contributed by atoms with van der Waals surface area (Å²) in [4.78, 5) is 11.7. The first-order valence-electron chi connectivity index (χ1n) is 4.75. The van der Waals surface area contributed by atoms with E-state index in [1.165, 1.54) is 18.3 Å². The molecule has 0 aliphatic carbocycles. The molecule has 0 atom stereocenters. The Morgan fingerprint density at radius 2 is 2.29 bits per heavy atom. The van der Waals surface area contributed by atoms with Crippen LogP contribution >= 0.6 is 15.9 Å². The van der Waals surface area contributed by atoms with E-state index in [2.05, 4.69) is 26.4 Å². The fraction of sp³-hybridized carbons (Fsp3) is 0.0909. The second-order valence-corrected chi connectivity index (χ2v) is 4.28. The third-order valence-corrected chi connectivity index (χ3v) is 2.78. The molecule has 88 valence electrons. The summed E-state index contributed by atoms with van der Waals surface area (Å²) in [5, 5.41) is 6.02. The van der Waals surface area contributed by atoms with Crippen LogP contribution in [-0.4, -0.2) is 11.1 Å². The first-order chi connectivity index (χ1) is 8.08. The maximum Gasteiger partial charge on any atom is 0.294 e. The highest BCUT2D eigenvalue weighted by Crippen LogP contribution is 2.20. The van der Waals surface area contributed by atoms with Gasteiger partial charge in [0.1, 0.15) is 5.82 Å². The van der Waals surface area contributed by atoms with Crippen LogP contribution in [0.4, 0.5) is 10.1 Å². The molecule has 0 aliphatic rings. The number of benzene rings is 1. The Balaban J connectivity index is 2.19. The van der Waals surface area contributed by atoms with E-state index in [4.69, 9.17) is 4.52 Å². The molecule has 0 saturated heterocycles. The lowest BCUT2D eigenvalue weighted by Crippen LogP contribution is -2.12. The molecule has 1 aromatic carbocycles. The maximum absolute atomic E-state index is 13.2. The van der Waals surface area contributed by atoms with Crippen molar-refractivity contribution < 1.29 is 13.7 Å². The van der Waals surface area contributed by atoms with Crippen molar-refractivity contribution in [2.45, 2.75) is 6.92 Å². The van der Waals surface area contributed by atoms with E-state index >= 15 is 0 Å². The van der Waals surface area contributed by atoms with Gasteiger partial charge in [-0.2, -0.15) is 0 Å². The van der Waals surface area contributed by atoms with Gasteiger partial charge >= 0.3 is 0 Å². The minimum atomic E-state index is -0.457. The summed E-state index contributed by atoms with van der Waals surface area (Å²) >= 11 is 3.03. The molecular weight excluding hydrogens is 291 g/mol. The van der Waals surface area contributed by atoms with E-state index in [1.54, 1.807) is 13.0 Å². The van der Waals surface area contributed by atoms with Gasteiger partial charge in [-0.15, -0.1) is 0 Å². The molecule has 0 bridgehead atoms. The molecule has 6 heteroatoms. The molecule has 0 unspecified atom stereocenters. The van der Waals surface area contributed by atoms with E-state index < -0.39 is 11.7 Å². The van der Waals surface area contributed by atoms with Crippen LogP contribution in [0.15, 0.2) is 33.4 Å². The van der Waals surface area contributed by atoms with Crippen molar-refractivity contribution in [1.82, 2.24) is 5.16 Å². The summed E-state index contributed by atoms with van der Waals surface area (Å²) in [6, 6.07) is 4.31. The molecule has 2 rings (SSSR count). The van der Waals surface area contributed by atoms with Crippen LogP contribution in [0.2, 0.25) is 0 Å². The molecule has 4 nitrogen and oxygen atoms in total. The number of carbonyl (C=O) groups excluding carboxylic acids is 1. The van der Waals surface area contributed by atoms with Crippen molar-refractivity contribution in [1.29, 1.82) is 0 Å². The molecule has 0 aliphatic heterocycles. The van der Waals surface area contributed by atoms with Crippen LogP contribution < -0.4 is 5.32 Å². The molecule has 0 radical (unpaired) electrons. The van der Waals surface area contributed by atoms with Gasteiger partial charge < -0.3 is 9.84 Å². The number of nitrogens with zero attached hydrogens (tertiary/aromatic N) is 1. The smallest absolute Gasteiger partial charge is 0.294 e. The van der Waals surface area contributed by atoms with E-state index in [9.17, 15) is 9.18 Å². The summed E-state index contributed by atoms with van der Waals surface area (Å²) in [5.74, 6) is -0.785. The highest BCUT2D eigenvalue weighted by Gasteiger charge is 2.14. The van der Waals surface area contributed by atoms with Crippen molar-refractivity contribution in [3.63, 3.8) is 0 Å². The number of halogens is 2. The van der Waals surface area contributed by atoms with Crippen LogP contribution in [0.5, 0.6) is 0 Å². The van der Waals surface area contributed by atoms with E-state index in [0.29, 0.717) is 15.7 Å². The van der Waals surface area contributed by atoms with Crippen LogP contribution in [-0.2, 0) is 0 Å². The van der Waals surface area contributed by atoms with Crippen molar-refractivity contribution in [2.75, 3.05) is 5.32 Å². The average Bonchev–Trinajstić information content (AvgIpc) is 2.70. The number of hydrogen-bond acceptors (Lipinski definition) is 3. The van der Waals surface area contributed by atoms with Gasteiger partial charge in [-0.25, -0.2) is 4.39 Å². The number of rotatable bonds is 2. The predicted octanol–water partition coefficient (Wildman–Crippen LogP) is 3.14. The minimum Gasteiger partial charge on any atom is -0.351 e. The normalized spacial score (nSPS) is 10.3. The fourth-order valence-electron chi connectivity index (χ4n) is 1.27. The molecule has 0 saturated carbocycles. The van der Waals surface area contributed by atoms with Gasteiger partial charge in [0.05, 0.1) is 10.7 Å². The summed E-state index contributed by atoms with van der Waals surface area (Å²) in [6.45, 7) is 1.70. The number of carbonyl (C=O) groups is 1. The largest absolute Gasteiger partial charge is 0.351 e. The lowest BCUT2D eigenvalue weighted by atomic mass is 10.2. The Hall–Kier alpha value is -1.69. The predicted molar refractivity (Wildman–Crippen MR) is 63.3 cm³/mol. The minimum absolute atomic E-state index is 0.119. The molecule has 1 heterocycles.